The average Bonchev–Trinajstić information content (AvgIpc) is 3.03. The predicted octanol–water partition coefficient (Wildman–Crippen LogP) is 5.19. The molecule has 0 aliphatic carbocycles. The molecule has 0 spiro atoms. The molecule has 0 aliphatic heterocycles. The van der Waals surface area contributed by atoms with Crippen molar-refractivity contribution >= 4 is 50.7 Å². The van der Waals surface area contributed by atoms with E-state index >= 15 is 0 Å². The Hall–Kier alpha value is -5.08. The minimum atomic E-state index is -4.45. The molecule has 4 aromatic rings. The highest BCUT2D eigenvalue weighted by molar-refractivity contribution is 7.99. The smallest absolute Gasteiger partial charge is 0.293 e. The normalized spacial score (nSPS) is 10.9. The molecule has 0 aromatic heterocycles. The van der Waals surface area contributed by atoms with Gasteiger partial charge in [0.1, 0.15) is 5.69 Å². The lowest BCUT2D eigenvalue weighted by atomic mass is 10.1. The Morgan fingerprint density at radius 3 is 2.18 bits per heavy atom. The van der Waals surface area contributed by atoms with Crippen molar-refractivity contribution in [3.05, 3.63) is 112 Å². The third-order valence-electron chi connectivity index (χ3n) is 6.18. The molecule has 3 N–H and O–H groups in total. The van der Waals surface area contributed by atoms with Gasteiger partial charge in [0, 0.05) is 40.1 Å². The summed E-state index contributed by atoms with van der Waals surface area (Å²) in [7, 11) is -1.52. The Morgan fingerprint density at radius 1 is 0.841 bits per heavy atom. The van der Waals surface area contributed by atoms with Gasteiger partial charge in [-0.15, -0.1) is 11.8 Å². The summed E-state index contributed by atoms with van der Waals surface area (Å²) in [6.45, 7) is 0.397. The number of thioether (sulfide) groups is 1. The summed E-state index contributed by atoms with van der Waals surface area (Å²) >= 11 is 1.57. The maximum Gasteiger partial charge on any atom is 0.293 e. The lowest BCUT2D eigenvalue weighted by molar-refractivity contribution is -0.384. The molecular formula is C30H28N4O8S2. The van der Waals surface area contributed by atoms with E-state index < -0.39 is 37.3 Å². The van der Waals surface area contributed by atoms with Crippen LogP contribution in [0.5, 0.6) is 11.5 Å². The summed E-state index contributed by atoms with van der Waals surface area (Å²) in [4.78, 5) is 37.0. The standard InChI is InChI=1S/C30H28N4O8S2/c1-41-27-15-10-21(18-28(27)42-2)29(35)32-22-11-8-20(9-12-22)30(36)33-44(39,40)24-13-14-25(26(19-24)34(37)38)31-16-17-43-23-6-4-3-5-7-23/h3-15,18-19,31H,16-17H2,1-2H3,(H,32,35)(H,33,36). The molecule has 0 fully saturated rings. The number of anilines is 2. The zero-order valence-electron chi connectivity index (χ0n) is 23.6. The second-order valence-corrected chi connectivity index (χ2v) is 11.9. The van der Waals surface area contributed by atoms with Crippen LogP contribution >= 0.6 is 11.8 Å². The molecule has 0 aliphatic rings. The largest absolute Gasteiger partial charge is 0.493 e. The molecule has 14 heteroatoms. The summed E-state index contributed by atoms with van der Waals surface area (Å²) in [5, 5.41) is 17.3. The molecule has 4 rings (SSSR count). The Morgan fingerprint density at radius 2 is 1.52 bits per heavy atom. The SMILES string of the molecule is COc1ccc(C(=O)Nc2ccc(C(=O)NS(=O)(=O)c3ccc(NCCSc4ccccc4)c([N+](=O)[O-])c3)cc2)cc1OC. The second-order valence-electron chi connectivity index (χ2n) is 9.06. The van der Waals surface area contributed by atoms with E-state index in [2.05, 4.69) is 10.6 Å². The number of nitrogens with zero attached hydrogens (tertiary/aromatic N) is 1. The van der Waals surface area contributed by atoms with Crippen molar-refractivity contribution in [2.24, 2.45) is 0 Å². The van der Waals surface area contributed by atoms with Crippen LogP contribution in [0.25, 0.3) is 0 Å². The summed E-state index contributed by atoms with van der Waals surface area (Å²) in [6.07, 6.45) is 0. The van der Waals surface area contributed by atoms with Crippen LogP contribution in [0.2, 0.25) is 0 Å². The summed E-state index contributed by atoms with van der Waals surface area (Å²) in [5.74, 6) is 0.0642. The van der Waals surface area contributed by atoms with Crippen LogP contribution in [0.3, 0.4) is 0 Å². The Kier molecular flexibility index (Phi) is 10.4. The van der Waals surface area contributed by atoms with E-state index in [4.69, 9.17) is 9.47 Å². The van der Waals surface area contributed by atoms with Crippen molar-refractivity contribution < 1.29 is 32.4 Å². The van der Waals surface area contributed by atoms with E-state index in [1.807, 2.05) is 35.1 Å². The number of nitro benzene ring substituents is 1. The molecule has 0 saturated carbocycles. The highest BCUT2D eigenvalue weighted by Crippen LogP contribution is 2.29. The van der Waals surface area contributed by atoms with Gasteiger partial charge in [-0.1, -0.05) is 18.2 Å². The van der Waals surface area contributed by atoms with E-state index in [1.165, 1.54) is 56.7 Å². The molecule has 0 unspecified atom stereocenters. The number of amides is 2. The second kappa shape index (κ2) is 14.4. The van der Waals surface area contributed by atoms with Crippen molar-refractivity contribution in [2.45, 2.75) is 9.79 Å². The first-order valence-corrected chi connectivity index (χ1v) is 15.5. The summed E-state index contributed by atoms with van der Waals surface area (Å²) < 4.78 is 38.2. The number of sulfonamides is 1. The van der Waals surface area contributed by atoms with Crippen LogP contribution in [-0.2, 0) is 10.0 Å². The molecule has 0 saturated heterocycles. The molecule has 2 amide bonds. The zero-order chi connectivity index (χ0) is 31.7. The molecule has 0 atom stereocenters. The number of hydrogen-bond donors (Lipinski definition) is 3. The monoisotopic (exact) mass is 636 g/mol. The van der Waals surface area contributed by atoms with E-state index in [9.17, 15) is 28.1 Å². The fourth-order valence-electron chi connectivity index (χ4n) is 3.98. The fourth-order valence-corrected chi connectivity index (χ4v) is 5.76. The van der Waals surface area contributed by atoms with Gasteiger partial charge in [0.25, 0.3) is 27.5 Å². The number of nitrogens with one attached hydrogen (secondary N) is 3. The first-order chi connectivity index (χ1) is 21.1. The van der Waals surface area contributed by atoms with Crippen LogP contribution < -0.4 is 24.8 Å². The van der Waals surface area contributed by atoms with Gasteiger partial charge >= 0.3 is 0 Å². The van der Waals surface area contributed by atoms with Crippen molar-refractivity contribution in [2.75, 3.05) is 37.2 Å². The molecule has 228 valence electrons. The lowest BCUT2D eigenvalue weighted by Crippen LogP contribution is -2.30. The number of hydrogen-bond acceptors (Lipinski definition) is 10. The molecule has 0 bridgehead atoms. The number of methoxy groups -OCH3 is 2. The van der Waals surface area contributed by atoms with Crippen molar-refractivity contribution in [1.29, 1.82) is 0 Å². The molecule has 0 heterocycles. The van der Waals surface area contributed by atoms with Gasteiger partial charge in [0.05, 0.1) is 24.0 Å². The molecular weight excluding hydrogens is 608 g/mol. The van der Waals surface area contributed by atoms with Crippen LogP contribution in [0.1, 0.15) is 20.7 Å². The van der Waals surface area contributed by atoms with Crippen molar-refractivity contribution in [3.8, 4) is 11.5 Å². The number of ether oxygens (including phenoxy) is 2. The minimum Gasteiger partial charge on any atom is -0.493 e. The van der Waals surface area contributed by atoms with Gasteiger partial charge in [-0.2, -0.15) is 0 Å². The lowest BCUT2D eigenvalue weighted by Gasteiger charge is -2.11. The number of carbonyl (C=O) groups excluding carboxylic acids is 2. The van der Waals surface area contributed by atoms with Crippen LogP contribution in [0.4, 0.5) is 17.1 Å². The van der Waals surface area contributed by atoms with Crippen molar-refractivity contribution in [1.82, 2.24) is 4.72 Å². The highest BCUT2D eigenvalue weighted by atomic mass is 32.2. The van der Waals surface area contributed by atoms with E-state index in [0.29, 0.717) is 35.0 Å². The molecule has 4 aromatic carbocycles. The third-order valence-corrected chi connectivity index (χ3v) is 8.53. The minimum absolute atomic E-state index is 0.0126. The Labute approximate surface area is 258 Å². The predicted molar refractivity (Wildman–Crippen MR) is 167 cm³/mol. The number of carbonyl (C=O) groups is 2. The topological polar surface area (TPSA) is 166 Å². The maximum absolute atomic E-state index is 12.9. The Bertz CT molecular complexity index is 1770. The average molecular weight is 637 g/mol. The summed E-state index contributed by atoms with van der Waals surface area (Å²) in [5.41, 5.74) is 0.350. The van der Waals surface area contributed by atoms with Crippen LogP contribution in [0, 0.1) is 10.1 Å². The van der Waals surface area contributed by atoms with E-state index in [-0.39, 0.29) is 11.3 Å². The van der Waals surface area contributed by atoms with E-state index in [0.717, 1.165) is 11.0 Å². The number of nitro groups is 1. The number of benzene rings is 4. The van der Waals surface area contributed by atoms with E-state index in [1.54, 1.807) is 23.9 Å². The fraction of sp³-hybridized carbons (Fsp3) is 0.133. The molecule has 0 radical (unpaired) electrons. The summed E-state index contributed by atoms with van der Waals surface area (Å²) in [6, 6.07) is 23.2. The zero-order valence-corrected chi connectivity index (χ0v) is 25.2. The highest BCUT2D eigenvalue weighted by Gasteiger charge is 2.24. The number of rotatable bonds is 13. The molecule has 12 nitrogen and oxygen atoms in total. The quantitative estimate of drug-likeness (QED) is 0.0770. The van der Waals surface area contributed by atoms with Gasteiger partial charge in [-0.05, 0) is 66.7 Å². The first kappa shape index (κ1) is 31.8. The van der Waals surface area contributed by atoms with Gasteiger partial charge in [0.2, 0.25) is 0 Å². The first-order valence-electron chi connectivity index (χ1n) is 13.0. The van der Waals surface area contributed by atoms with Gasteiger partial charge in [0.15, 0.2) is 11.5 Å². The Balaban J connectivity index is 1.38. The van der Waals surface area contributed by atoms with Crippen molar-refractivity contribution in [3.63, 3.8) is 0 Å². The van der Waals surface area contributed by atoms with Gasteiger partial charge in [-0.3, -0.25) is 19.7 Å². The van der Waals surface area contributed by atoms with Gasteiger partial charge in [-0.25, -0.2) is 13.1 Å². The molecule has 44 heavy (non-hydrogen) atoms. The van der Waals surface area contributed by atoms with Crippen LogP contribution in [-0.4, -0.2) is 51.7 Å². The third kappa shape index (κ3) is 8.05. The van der Waals surface area contributed by atoms with Gasteiger partial charge < -0.3 is 20.1 Å². The van der Waals surface area contributed by atoms with Crippen LogP contribution in [0.15, 0.2) is 101 Å². The maximum atomic E-state index is 12.9.